The second-order valence-electron chi connectivity index (χ2n) is 5.20. The number of halogens is 1. The van der Waals surface area contributed by atoms with E-state index in [4.69, 9.17) is 11.6 Å². The van der Waals surface area contributed by atoms with Crippen LogP contribution in [0.3, 0.4) is 0 Å². The molecule has 0 saturated carbocycles. The van der Waals surface area contributed by atoms with E-state index in [1.807, 2.05) is 60.7 Å². The topological polar surface area (TPSA) is 57.6 Å². The molecule has 0 aliphatic carbocycles. The Morgan fingerprint density at radius 2 is 1.48 bits per heavy atom. The molecule has 2 aromatic carbocycles. The lowest BCUT2D eigenvalue weighted by Gasteiger charge is -2.28. The molecule has 0 bridgehead atoms. The van der Waals surface area contributed by atoms with E-state index in [9.17, 15) is 14.7 Å². The van der Waals surface area contributed by atoms with Crippen LogP contribution in [0.2, 0.25) is 0 Å². The van der Waals surface area contributed by atoms with Crippen molar-refractivity contribution in [3.05, 3.63) is 71.8 Å². The van der Waals surface area contributed by atoms with E-state index in [2.05, 4.69) is 0 Å². The normalized spacial score (nSPS) is 11.7. The van der Waals surface area contributed by atoms with Crippen LogP contribution < -0.4 is 0 Å². The molecule has 0 saturated heterocycles. The van der Waals surface area contributed by atoms with Crippen LogP contribution in [0.1, 0.15) is 11.1 Å². The van der Waals surface area contributed by atoms with Gasteiger partial charge in [0.2, 0.25) is 0 Å². The monoisotopic (exact) mass is 331 g/mol. The van der Waals surface area contributed by atoms with Crippen molar-refractivity contribution in [2.75, 3.05) is 5.88 Å². The van der Waals surface area contributed by atoms with Crippen LogP contribution >= 0.6 is 11.6 Å². The minimum Gasteiger partial charge on any atom is -0.465 e. The number of carboxylic acid groups (broad SMARTS) is 1. The highest BCUT2D eigenvalue weighted by Crippen LogP contribution is 2.15. The van der Waals surface area contributed by atoms with Crippen molar-refractivity contribution in [1.82, 2.24) is 4.90 Å². The molecule has 1 N–H and O–H groups in total. The summed E-state index contributed by atoms with van der Waals surface area (Å²) in [6.45, 7) is 0.149. The van der Waals surface area contributed by atoms with Crippen LogP contribution in [0.4, 0.5) is 4.79 Å². The van der Waals surface area contributed by atoms with Crippen LogP contribution in [-0.4, -0.2) is 33.8 Å². The Hall–Kier alpha value is -2.33. The van der Waals surface area contributed by atoms with Gasteiger partial charge in [-0.05, 0) is 11.1 Å². The SMILES string of the molecule is O=C(CCl)[C@H](Cc1ccccc1)N(Cc1ccccc1)C(=O)O. The first-order chi connectivity index (χ1) is 11.1. The first kappa shape index (κ1) is 17.0. The lowest BCUT2D eigenvalue weighted by atomic mass is 10.0. The van der Waals surface area contributed by atoms with Crippen LogP contribution in [-0.2, 0) is 17.8 Å². The molecule has 0 fully saturated rings. The third kappa shape index (κ3) is 4.83. The molecule has 4 nitrogen and oxygen atoms in total. The van der Waals surface area contributed by atoms with Gasteiger partial charge in [0.1, 0.15) is 0 Å². The minimum absolute atomic E-state index is 0.149. The molecule has 5 heteroatoms. The number of Topliss-reactive ketones (excluding diaryl/α,β-unsaturated/α-hetero) is 1. The number of carbonyl (C=O) groups excluding carboxylic acids is 1. The van der Waals surface area contributed by atoms with E-state index in [0.29, 0.717) is 6.42 Å². The molecule has 0 unspecified atom stereocenters. The van der Waals surface area contributed by atoms with Gasteiger partial charge in [0.05, 0.1) is 11.9 Å². The van der Waals surface area contributed by atoms with Gasteiger partial charge in [0.25, 0.3) is 0 Å². The van der Waals surface area contributed by atoms with E-state index in [1.165, 1.54) is 0 Å². The van der Waals surface area contributed by atoms with Crippen LogP contribution in [0.25, 0.3) is 0 Å². The third-order valence-electron chi connectivity index (χ3n) is 3.59. The van der Waals surface area contributed by atoms with Gasteiger partial charge in [-0.3, -0.25) is 9.69 Å². The van der Waals surface area contributed by atoms with E-state index >= 15 is 0 Å². The number of alkyl halides is 1. The van der Waals surface area contributed by atoms with E-state index < -0.39 is 12.1 Å². The maximum atomic E-state index is 12.2. The average Bonchev–Trinajstić information content (AvgIpc) is 2.59. The van der Waals surface area contributed by atoms with Gasteiger partial charge in [0, 0.05) is 13.0 Å². The van der Waals surface area contributed by atoms with Gasteiger partial charge in [-0.25, -0.2) is 4.79 Å². The number of rotatable bonds is 7. The van der Waals surface area contributed by atoms with E-state index in [-0.39, 0.29) is 18.2 Å². The molecule has 120 valence electrons. The molecule has 0 spiro atoms. The number of hydrogen-bond donors (Lipinski definition) is 1. The standard InChI is InChI=1S/C18H18ClNO3/c19-12-17(21)16(11-14-7-3-1-4-8-14)20(18(22)23)13-15-9-5-2-6-10-15/h1-10,16H,11-13H2,(H,22,23)/t16-/m0/s1. The maximum absolute atomic E-state index is 12.2. The fourth-order valence-corrected chi connectivity index (χ4v) is 2.59. The number of hydrogen-bond acceptors (Lipinski definition) is 2. The first-order valence-electron chi connectivity index (χ1n) is 7.28. The van der Waals surface area contributed by atoms with Crippen LogP contribution in [0, 0.1) is 0 Å². The van der Waals surface area contributed by atoms with Crippen molar-refractivity contribution in [2.45, 2.75) is 19.0 Å². The van der Waals surface area contributed by atoms with Gasteiger partial charge in [-0.1, -0.05) is 60.7 Å². The molecule has 1 amide bonds. The number of nitrogens with zero attached hydrogens (tertiary/aromatic N) is 1. The Labute approximate surface area is 140 Å². The van der Waals surface area contributed by atoms with Crippen molar-refractivity contribution < 1.29 is 14.7 Å². The lowest BCUT2D eigenvalue weighted by Crippen LogP contribution is -2.45. The largest absolute Gasteiger partial charge is 0.465 e. The smallest absolute Gasteiger partial charge is 0.408 e. The maximum Gasteiger partial charge on any atom is 0.408 e. The Balaban J connectivity index is 2.26. The second kappa shape index (κ2) is 8.34. The molecule has 0 aliphatic heterocycles. The molecule has 0 aliphatic rings. The molecular formula is C18H18ClNO3. The highest BCUT2D eigenvalue weighted by Gasteiger charge is 2.29. The number of amides is 1. The van der Waals surface area contributed by atoms with Gasteiger partial charge in [0.15, 0.2) is 5.78 Å². The first-order valence-corrected chi connectivity index (χ1v) is 7.81. The Morgan fingerprint density at radius 1 is 0.957 bits per heavy atom. The van der Waals surface area contributed by atoms with E-state index in [1.54, 1.807) is 0 Å². The quantitative estimate of drug-likeness (QED) is 0.789. The average molecular weight is 332 g/mol. The Morgan fingerprint density at radius 3 is 1.96 bits per heavy atom. The zero-order valence-corrected chi connectivity index (χ0v) is 13.3. The van der Waals surface area contributed by atoms with Gasteiger partial charge in [-0.15, -0.1) is 11.6 Å². The predicted octanol–water partition coefficient (Wildman–Crippen LogP) is 3.59. The van der Waals surface area contributed by atoms with Crippen molar-refractivity contribution in [3.63, 3.8) is 0 Å². The molecule has 0 radical (unpaired) electrons. The minimum atomic E-state index is -1.13. The lowest BCUT2D eigenvalue weighted by molar-refractivity contribution is -0.121. The fraction of sp³-hybridized carbons (Fsp3) is 0.222. The van der Waals surface area contributed by atoms with Crippen molar-refractivity contribution in [1.29, 1.82) is 0 Å². The number of ketones is 1. The zero-order valence-electron chi connectivity index (χ0n) is 12.6. The van der Waals surface area contributed by atoms with Crippen LogP contribution in [0.5, 0.6) is 0 Å². The van der Waals surface area contributed by atoms with Crippen molar-refractivity contribution >= 4 is 23.5 Å². The molecule has 2 aromatic rings. The predicted molar refractivity (Wildman–Crippen MR) is 89.7 cm³/mol. The molecule has 0 heterocycles. The van der Waals surface area contributed by atoms with Crippen LogP contribution in [0.15, 0.2) is 60.7 Å². The van der Waals surface area contributed by atoms with Gasteiger partial charge < -0.3 is 5.11 Å². The molecular weight excluding hydrogens is 314 g/mol. The number of carbonyl (C=O) groups is 2. The fourth-order valence-electron chi connectivity index (χ4n) is 2.42. The summed E-state index contributed by atoms with van der Waals surface area (Å²) >= 11 is 5.70. The zero-order chi connectivity index (χ0) is 16.7. The number of benzene rings is 2. The summed E-state index contributed by atoms with van der Waals surface area (Å²) in [6.07, 6.45) is -0.820. The molecule has 23 heavy (non-hydrogen) atoms. The van der Waals surface area contributed by atoms with Gasteiger partial charge >= 0.3 is 6.09 Å². The highest BCUT2D eigenvalue weighted by molar-refractivity contribution is 6.28. The summed E-state index contributed by atoms with van der Waals surface area (Å²) in [4.78, 5) is 25.1. The molecule has 0 aromatic heterocycles. The van der Waals surface area contributed by atoms with E-state index in [0.717, 1.165) is 16.0 Å². The summed E-state index contributed by atoms with van der Waals surface area (Å²) < 4.78 is 0. The Kier molecular flexibility index (Phi) is 6.18. The molecule has 1 atom stereocenters. The summed E-state index contributed by atoms with van der Waals surface area (Å²) in [5, 5.41) is 9.56. The van der Waals surface area contributed by atoms with Crippen molar-refractivity contribution in [3.8, 4) is 0 Å². The van der Waals surface area contributed by atoms with Crippen molar-refractivity contribution in [2.24, 2.45) is 0 Å². The van der Waals surface area contributed by atoms with Gasteiger partial charge in [-0.2, -0.15) is 0 Å². The third-order valence-corrected chi connectivity index (χ3v) is 3.86. The Bertz CT molecular complexity index is 646. The summed E-state index contributed by atoms with van der Waals surface area (Å²) in [5.74, 6) is -0.510. The summed E-state index contributed by atoms with van der Waals surface area (Å²) in [7, 11) is 0. The highest BCUT2D eigenvalue weighted by atomic mass is 35.5. The summed E-state index contributed by atoms with van der Waals surface area (Å²) in [6, 6.07) is 17.7. The molecule has 2 rings (SSSR count). The summed E-state index contributed by atoms with van der Waals surface area (Å²) in [5.41, 5.74) is 1.73. The second-order valence-corrected chi connectivity index (χ2v) is 5.47.